The fourth-order valence-corrected chi connectivity index (χ4v) is 2.07. The van der Waals surface area contributed by atoms with Crippen LogP contribution in [-0.4, -0.2) is 20.5 Å². The van der Waals surface area contributed by atoms with Crippen LogP contribution in [0.5, 0.6) is 0 Å². The minimum absolute atomic E-state index is 0.179. The van der Waals surface area contributed by atoms with Gasteiger partial charge in [-0.05, 0) is 29.7 Å². The first-order valence-corrected chi connectivity index (χ1v) is 6.38. The number of halogens is 1. The van der Waals surface area contributed by atoms with Crippen LogP contribution in [-0.2, 0) is 0 Å². The van der Waals surface area contributed by atoms with E-state index >= 15 is 0 Å². The number of nitrogens with two attached hydrogens (primary N) is 1. The molecule has 0 spiro atoms. The van der Waals surface area contributed by atoms with Crippen molar-refractivity contribution in [2.45, 2.75) is 0 Å². The largest absolute Gasteiger partial charge is 0.389 e. The minimum Gasteiger partial charge on any atom is -0.389 e. The van der Waals surface area contributed by atoms with E-state index < -0.39 is 0 Å². The van der Waals surface area contributed by atoms with Gasteiger partial charge < -0.3 is 11.1 Å². The van der Waals surface area contributed by atoms with Crippen molar-refractivity contribution in [3.8, 4) is 0 Å². The molecule has 1 amide bonds. The standard InChI is InChI=1S/C10H7ClN4OS2/c11-5-1-2-6(9(12)17)7(3-5)13-10(16)8-4-18-15-14-8/h1-4H,(H2,12,17)(H,13,16). The molecule has 0 saturated heterocycles. The van der Waals surface area contributed by atoms with Crippen LogP contribution in [0.25, 0.3) is 0 Å². The average Bonchev–Trinajstić information content (AvgIpc) is 2.81. The highest BCUT2D eigenvalue weighted by molar-refractivity contribution is 7.80. The van der Waals surface area contributed by atoms with Crippen LogP contribution in [0.4, 0.5) is 5.69 Å². The normalized spacial score (nSPS) is 10.1. The van der Waals surface area contributed by atoms with E-state index in [1.54, 1.807) is 23.6 Å². The molecule has 0 unspecified atom stereocenters. The van der Waals surface area contributed by atoms with E-state index in [0.29, 0.717) is 16.3 Å². The third kappa shape index (κ3) is 2.81. The summed E-state index contributed by atoms with van der Waals surface area (Å²) in [4.78, 5) is 12.0. The van der Waals surface area contributed by atoms with Crippen molar-refractivity contribution < 1.29 is 4.79 Å². The molecule has 92 valence electrons. The maximum Gasteiger partial charge on any atom is 0.277 e. The molecule has 1 aromatic carbocycles. The maximum absolute atomic E-state index is 11.8. The Morgan fingerprint density at radius 2 is 2.28 bits per heavy atom. The SMILES string of the molecule is NC(=S)c1ccc(Cl)cc1NC(=O)c1csnn1. The smallest absolute Gasteiger partial charge is 0.277 e. The maximum atomic E-state index is 11.8. The Labute approximate surface area is 117 Å². The molecule has 0 fully saturated rings. The fraction of sp³-hybridized carbons (Fsp3) is 0. The van der Waals surface area contributed by atoms with Crippen LogP contribution in [0.1, 0.15) is 16.1 Å². The molecule has 5 nitrogen and oxygen atoms in total. The zero-order valence-corrected chi connectivity index (χ0v) is 11.3. The number of thiocarbonyl (C=S) groups is 1. The first-order valence-electron chi connectivity index (χ1n) is 4.75. The van der Waals surface area contributed by atoms with Gasteiger partial charge in [0.05, 0.1) is 5.69 Å². The number of hydrogen-bond donors (Lipinski definition) is 2. The summed E-state index contributed by atoms with van der Waals surface area (Å²) < 4.78 is 3.61. The summed E-state index contributed by atoms with van der Waals surface area (Å²) in [5.41, 5.74) is 6.80. The number of carbonyl (C=O) groups excluding carboxylic acids is 1. The van der Waals surface area contributed by atoms with Crippen LogP contribution in [0.2, 0.25) is 5.02 Å². The number of anilines is 1. The highest BCUT2D eigenvalue weighted by Crippen LogP contribution is 2.21. The van der Waals surface area contributed by atoms with Gasteiger partial charge in [0.15, 0.2) is 5.69 Å². The topological polar surface area (TPSA) is 80.9 Å². The van der Waals surface area contributed by atoms with Gasteiger partial charge in [-0.25, -0.2) is 0 Å². The monoisotopic (exact) mass is 298 g/mol. The van der Waals surface area contributed by atoms with Crippen molar-refractivity contribution in [1.29, 1.82) is 0 Å². The number of carbonyl (C=O) groups is 1. The van der Waals surface area contributed by atoms with E-state index in [4.69, 9.17) is 29.6 Å². The lowest BCUT2D eigenvalue weighted by atomic mass is 10.1. The van der Waals surface area contributed by atoms with Gasteiger partial charge in [0.2, 0.25) is 0 Å². The molecule has 0 atom stereocenters. The zero-order chi connectivity index (χ0) is 13.1. The Balaban J connectivity index is 2.31. The predicted octanol–water partition coefficient (Wildman–Crippen LogP) is 2.08. The van der Waals surface area contributed by atoms with Crippen molar-refractivity contribution in [2.24, 2.45) is 5.73 Å². The molecule has 0 aliphatic heterocycles. The van der Waals surface area contributed by atoms with Gasteiger partial charge in [-0.3, -0.25) is 4.79 Å². The predicted molar refractivity (Wildman–Crippen MR) is 75.2 cm³/mol. The molecule has 3 N–H and O–H groups in total. The van der Waals surface area contributed by atoms with Crippen LogP contribution >= 0.6 is 35.4 Å². The number of hydrogen-bond acceptors (Lipinski definition) is 5. The number of benzene rings is 1. The van der Waals surface area contributed by atoms with E-state index in [9.17, 15) is 4.79 Å². The average molecular weight is 299 g/mol. The molecule has 1 heterocycles. The van der Waals surface area contributed by atoms with Gasteiger partial charge in [0.1, 0.15) is 4.99 Å². The van der Waals surface area contributed by atoms with Crippen molar-refractivity contribution >= 4 is 51.9 Å². The highest BCUT2D eigenvalue weighted by Gasteiger charge is 2.13. The number of nitrogens with one attached hydrogen (secondary N) is 1. The van der Waals surface area contributed by atoms with E-state index in [2.05, 4.69) is 14.9 Å². The Morgan fingerprint density at radius 1 is 1.50 bits per heavy atom. The molecule has 0 aliphatic carbocycles. The molecule has 0 bridgehead atoms. The fourth-order valence-electron chi connectivity index (χ4n) is 1.28. The molecular formula is C10H7ClN4OS2. The van der Waals surface area contributed by atoms with E-state index in [1.165, 1.54) is 0 Å². The third-order valence-electron chi connectivity index (χ3n) is 2.09. The summed E-state index contributed by atoms with van der Waals surface area (Å²) in [6, 6.07) is 4.88. The second-order valence-electron chi connectivity index (χ2n) is 3.30. The quantitative estimate of drug-likeness (QED) is 0.848. The Morgan fingerprint density at radius 3 is 2.89 bits per heavy atom. The summed E-state index contributed by atoms with van der Waals surface area (Å²) in [6.45, 7) is 0. The lowest BCUT2D eigenvalue weighted by Crippen LogP contribution is -2.17. The second kappa shape index (κ2) is 5.38. The minimum atomic E-state index is -0.386. The molecule has 2 rings (SSSR count). The molecule has 2 aromatic rings. The van der Waals surface area contributed by atoms with Crippen LogP contribution in [0, 0.1) is 0 Å². The van der Waals surface area contributed by atoms with Gasteiger partial charge in [0.25, 0.3) is 5.91 Å². The van der Waals surface area contributed by atoms with Gasteiger partial charge in [0, 0.05) is 16.0 Å². The molecule has 1 aromatic heterocycles. The van der Waals surface area contributed by atoms with Crippen LogP contribution < -0.4 is 11.1 Å². The zero-order valence-electron chi connectivity index (χ0n) is 8.88. The Bertz CT molecular complexity index is 600. The van der Waals surface area contributed by atoms with E-state index in [0.717, 1.165) is 11.5 Å². The summed E-state index contributed by atoms with van der Waals surface area (Å²) in [7, 11) is 0. The van der Waals surface area contributed by atoms with Crippen molar-refractivity contribution in [1.82, 2.24) is 9.59 Å². The molecule has 18 heavy (non-hydrogen) atoms. The Hall–Kier alpha value is -1.57. The van der Waals surface area contributed by atoms with Crippen molar-refractivity contribution in [2.75, 3.05) is 5.32 Å². The number of aromatic nitrogens is 2. The summed E-state index contributed by atoms with van der Waals surface area (Å²) >= 11 is 11.9. The molecule has 8 heteroatoms. The third-order valence-corrected chi connectivity index (χ3v) is 3.05. The van der Waals surface area contributed by atoms with Crippen LogP contribution in [0.15, 0.2) is 23.6 Å². The molecular weight excluding hydrogens is 292 g/mol. The number of nitrogens with zero attached hydrogens (tertiary/aromatic N) is 2. The Kier molecular flexibility index (Phi) is 3.85. The van der Waals surface area contributed by atoms with Gasteiger partial charge in [-0.2, -0.15) is 0 Å². The lowest BCUT2D eigenvalue weighted by molar-refractivity contribution is 0.102. The highest BCUT2D eigenvalue weighted by atomic mass is 35.5. The van der Waals surface area contributed by atoms with Crippen molar-refractivity contribution in [3.05, 3.63) is 39.9 Å². The lowest BCUT2D eigenvalue weighted by Gasteiger charge is -2.09. The van der Waals surface area contributed by atoms with Gasteiger partial charge >= 0.3 is 0 Å². The second-order valence-corrected chi connectivity index (χ2v) is 4.78. The first-order chi connectivity index (χ1) is 8.58. The summed E-state index contributed by atoms with van der Waals surface area (Å²) in [6.07, 6.45) is 0. The van der Waals surface area contributed by atoms with E-state index in [1.807, 2.05) is 0 Å². The first kappa shape index (κ1) is 12.9. The molecule has 0 saturated carbocycles. The summed E-state index contributed by atoms with van der Waals surface area (Å²) in [5, 5.41) is 8.33. The molecule has 0 aliphatic rings. The van der Waals surface area contributed by atoms with Gasteiger partial charge in [-0.1, -0.05) is 28.3 Å². The molecule has 0 radical (unpaired) electrons. The number of amides is 1. The van der Waals surface area contributed by atoms with Crippen LogP contribution in [0.3, 0.4) is 0 Å². The summed E-state index contributed by atoms with van der Waals surface area (Å²) in [5.74, 6) is -0.386. The van der Waals surface area contributed by atoms with Crippen molar-refractivity contribution in [3.63, 3.8) is 0 Å². The van der Waals surface area contributed by atoms with Gasteiger partial charge in [-0.15, -0.1) is 5.10 Å². The number of rotatable bonds is 3. The van der Waals surface area contributed by atoms with E-state index in [-0.39, 0.29) is 16.6 Å².